The van der Waals surface area contributed by atoms with Gasteiger partial charge < -0.3 is 9.64 Å². The van der Waals surface area contributed by atoms with Crippen molar-refractivity contribution in [3.05, 3.63) is 41.5 Å². The molecule has 0 aromatic heterocycles. The molecule has 1 unspecified atom stereocenters. The molecular weight excluding hydrogens is 335 g/mol. The average Bonchev–Trinajstić information content (AvgIpc) is 2.59. The molecule has 1 amide bonds. The number of piperidine rings is 1. The fourth-order valence-corrected chi connectivity index (χ4v) is 2.76. The number of hydrogen-bond donors (Lipinski definition) is 0. The number of ether oxygens (including phenoxy) is 1. The van der Waals surface area contributed by atoms with Crippen LogP contribution in [0.1, 0.15) is 37.3 Å². The van der Waals surface area contributed by atoms with Gasteiger partial charge in [0.05, 0.1) is 12.2 Å². The molecule has 0 radical (unpaired) electrons. The molecule has 1 fully saturated rings. The predicted molar refractivity (Wildman–Crippen MR) is 86.5 cm³/mol. The van der Waals surface area contributed by atoms with Gasteiger partial charge in [-0.2, -0.15) is 13.2 Å². The predicted octanol–water partition coefficient (Wildman–Crippen LogP) is 3.66. The number of alkyl halides is 3. The van der Waals surface area contributed by atoms with Crippen molar-refractivity contribution in [1.82, 2.24) is 4.90 Å². The normalized spacial score (nSPS) is 18.4. The molecule has 0 N–H and O–H groups in total. The summed E-state index contributed by atoms with van der Waals surface area (Å²) in [6, 6.07) is 4.09. The van der Waals surface area contributed by atoms with Gasteiger partial charge in [0.2, 0.25) is 5.91 Å². The van der Waals surface area contributed by atoms with Crippen molar-refractivity contribution in [2.24, 2.45) is 0 Å². The lowest BCUT2D eigenvalue weighted by Crippen LogP contribution is -2.48. The molecule has 4 nitrogen and oxygen atoms in total. The molecule has 1 heterocycles. The fourth-order valence-electron chi connectivity index (χ4n) is 2.76. The second-order valence-electron chi connectivity index (χ2n) is 5.75. The van der Waals surface area contributed by atoms with E-state index < -0.39 is 29.7 Å². The summed E-state index contributed by atoms with van der Waals surface area (Å²) in [7, 11) is 0. The summed E-state index contributed by atoms with van der Waals surface area (Å²) in [6.07, 6.45) is 0.225. The van der Waals surface area contributed by atoms with Crippen LogP contribution in [0.15, 0.2) is 30.3 Å². The molecule has 0 aliphatic carbocycles. The summed E-state index contributed by atoms with van der Waals surface area (Å²) in [4.78, 5) is 25.8. The van der Waals surface area contributed by atoms with Gasteiger partial charge in [0.15, 0.2) is 0 Å². The summed E-state index contributed by atoms with van der Waals surface area (Å²) in [5.41, 5.74) is -0.502. The van der Waals surface area contributed by atoms with Crippen LogP contribution in [-0.2, 0) is 20.5 Å². The van der Waals surface area contributed by atoms with E-state index in [1.165, 1.54) is 29.2 Å². The fraction of sp³-hybridized carbons (Fsp3) is 0.444. The molecule has 7 heteroatoms. The summed E-state index contributed by atoms with van der Waals surface area (Å²) >= 11 is 0. The molecule has 1 aromatic carbocycles. The molecule has 136 valence electrons. The monoisotopic (exact) mass is 355 g/mol. The Morgan fingerprint density at radius 2 is 2.08 bits per heavy atom. The number of halogens is 3. The molecule has 1 aliphatic rings. The van der Waals surface area contributed by atoms with Gasteiger partial charge in [0.25, 0.3) is 0 Å². The lowest BCUT2D eigenvalue weighted by molar-refractivity contribution is -0.155. The smallest absolute Gasteiger partial charge is 0.416 e. The summed E-state index contributed by atoms with van der Waals surface area (Å²) in [5, 5.41) is 0. The Morgan fingerprint density at radius 1 is 1.32 bits per heavy atom. The first kappa shape index (κ1) is 19.0. The van der Waals surface area contributed by atoms with E-state index >= 15 is 0 Å². The van der Waals surface area contributed by atoms with Crippen LogP contribution in [0.2, 0.25) is 0 Å². The molecule has 1 aromatic rings. The van der Waals surface area contributed by atoms with E-state index in [1.807, 2.05) is 0 Å². The Bertz CT molecular complexity index is 655. The summed E-state index contributed by atoms with van der Waals surface area (Å²) in [6.45, 7) is 2.35. The van der Waals surface area contributed by atoms with E-state index in [0.717, 1.165) is 25.0 Å². The number of amides is 1. The van der Waals surface area contributed by atoms with Crippen molar-refractivity contribution in [1.29, 1.82) is 0 Å². The van der Waals surface area contributed by atoms with Crippen LogP contribution in [0.25, 0.3) is 6.08 Å². The highest BCUT2D eigenvalue weighted by molar-refractivity contribution is 5.94. The number of benzene rings is 1. The van der Waals surface area contributed by atoms with Crippen LogP contribution in [0.4, 0.5) is 13.2 Å². The highest BCUT2D eigenvalue weighted by atomic mass is 19.4. The van der Waals surface area contributed by atoms with Gasteiger partial charge in [-0.15, -0.1) is 0 Å². The Morgan fingerprint density at radius 3 is 2.76 bits per heavy atom. The van der Waals surface area contributed by atoms with E-state index in [2.05, 4.69) is 0 Å². The van der Waals surface area contributed by atoms with Gasteiger partial charge in [-0.3, -0.25) is 4.79 Å². The van der Waals surface area contributed by atoms with E-state index in [-0.39, 0.29) is 12.2 Å². The second-order valence-corrected chi connectivity index (χ2v) is 5.75. The zero-order chi connectivity index (χ0) is 18.4. The first-order valence-electron chi connectivity index (χ1n) is 8.15. The number of likely N-dealkylation sites (tertiary alicyclic amines) is 1. The summed E-state index contributed by atoms with van der Waals surface area (Å²) < 4.78 is 43.2. The molecule has 0 saturated carbocycles. The zero-order valence-electron chi connectivity index (χ0n) is 13.9. The number of carbonyl (C=O) groups is 2. The Kier molecular flexibility index (Phi) is 6.22. The number of esters is 1. The molecule has 2 rings (SSSR count). The van der Waals surface area contributed by atoms with Crippen molar-refractivity contribution < 1.29 is 27.5 Å². The highest BCUT2D eigenvalue weighted by Gasteiger charge is 2.32. The van der Waals surface area contributed by atoms with Gasteiger partial charge in [0.1, 0.15) is 6.04 Å². The Balaban J connectivity index is 2.12. The third-order valence-electron chi connectivity index (χ3n) is 3.98. The lowest BCUT2D eigenvalue weighted by Gasteiger charge is -2.33. The van der Waals surface area contributed by atoms with Gasteiger partial charge in [-0.1, -0.05) is 12.1 Å². The SMILES string of the molecule is CCOC(=O)C1CCCCN1C(=O)/C=C/c1cccc(C(F)(F)F)c1. The topological polar surface area (TPSA) is 46.6 Å². The minimum Gasteiger partial charge on any atom is -0.464 e. The minimum absolute atomic E-state index is 0.234. The number of rotatable bonds is 4. The molecule has 1 saturated heterocycles. The molecule has 1 aliphatic heterocycles. The third-order valence-corrected chi connectivity index (χ3v) is 3.98. The molecule has 25 heavy (non-hydrogen) atoms. The van der Waals surface area contributed by atoms with E-state index in [4.69, 9.17) is 4.74 Å². The van der Waals surface area contributed by atoms with E-state index in [1.54, 1.807) is 6.92 Å². The van der Waals surface area contributed by atoms with Crippen molar-refractivity contribution in [2.75, 3.05) is 13.2 Å². The van der Waals surface area contributed by atoms with Crippen LogP contribution in [0, 0.1) is 0 Å². The van der Waals surface area contributed by atoms with Crippen LogP contribution in [-0.4, -0.2) is 36.0 Å². The van der Waals surface area contributed by atoms with Gasteiger partial charge in [0, 0.05) is 12.6 Å². The van der Waals surface area contributed by atoms with Crippen molar-refractivity contribution in [2.45, 2.75) is 38.4 Å². The summed E-state index contributed by atoms with van der Waals surface area (Å²) in [5.74, 6) is -0.849. The maximum Gasteiger partial charge on any atom is 0.416 e. The first-order chi connectivity index (χ1) is 11.8. The minimum atomic E-state index is -4.43. The van der Waals surface area contributed by atoms with Gasteiger partial charge >= 0.3 is 12.1 Å². The van der Waals surface area contributed by atoms with Gasteiger partial charge in [-0.05, 0) is 50.0 Å². The standard InChI is InChI=1S/C18H20F3NO3/c1-2-25-17(24)15-8-3-4-11-22(15)16(23)10-9-13-6-5-7-14(12-13)18(19,20)21/h5-7,9-10,12,15H,2-4,8,11H2,1H3/b10-9+. The molecular formula is C18H20F3NO3. The van der Waals surface area contributed by atoms with Crippen molar-refractivity contribution >= 4 is 18.0 Å². The van der Waals surface area contributed by atoms with Crippen LogP contribution in [0.5, 0.6) is 0 Å². The van der Waals surface area contributed by atoms with Crippen LogP contribution < -0.4 is 0 Å². The van der Waals surface area contributed by atoms with E-state index in [9.17, 15) is 22.8 Å². The second kappa shape index (κ2) is 8.18. The van der Waals surface area contributed by atoms with Crippen LogP contribution in [0.3, 0.4) is 0 Å². The largest absolute Gasteiger partial charge is 0.464 e. The molecule has 0 bridgehead atoms. The van der Waals surface area contributed by atoms with Crippen LogP contribution >= 0.6 is 0 Å². The average molecular weight is 355 g/mol. The Hall–Kier alpha value is -2.31. The molecule has 0 spiro atoms. The van der Waals surface area contributed by atoms with E-state index in [0.29, 0.717) is 13.0 Å². The number of hydrogen-bond acceptors (Lipinski definition) is 3. The van der Waals surface area contributed by atoms with Gasteiger partial charge in [-0.25, -0.2) is 4.79 Å². The maximum absolute atomic E-state index is 12.7. The quantitative estimate of drug-likeness (QED) is 0.612. The number of nitrogens with zero attached hydrogens (tertiary/aromatic N) is 1. The third kappa shape index (κ3) is 5.08. The Labute approximate surface area is 144 Å². The maximum atomic E-state index is 12.7. The number of carbonyl (C=O) groups excluding carboxylic acids is 2. The highest BCUT2D eigenvalue weighted by Crippen LogP contribution is 2.29. The van der Waals surface area contributed by atoms with Crippen molar-refractivity contribution in [3.63, 3.8) is 0 Å². The van der Waals surface area contributed by atoms with Crippen molar-refractivity contribution in [3.8, 4) is 0 Å². The molecule has 1 atom stereocenters. The first-order valence-corrected chi connectivity index (χ1v) is 8.15. The zero-order valence-corrected chi connectivity index (χ0v) is 13.9. The lowest BCUT2D eigenvalue weighted by atomic mass is 10.0.